The number of carbonyl (C=O) groups excluding carboxylic acids is 1. The molecule has 2 aromatic rings. The Morgan fingerprint density at radius 2 is 2.06 bits per heavy atom. The van der Waals surface area contributed by atoms with E-state index in [0.29, 0.717) is 5.69 Å². The van der Waals surface area contributed by atoms with Gasteiger partial charge in [0.15, 0.2) is 6.29 Å². The number of rotatable bonds is 2. The topological polar surface area (TPSA) is 34.9 Å². The van der Waals surface area contributed by atoms with Gasteiger partial charge in [0.1, 0.15) is 11.5 Å². The van der Waals surface area contributed by atoms with Gasteiger partial charge in [-0.2, -0.15) is 0 Å². The second-order valence-electron chi connectivity index (χ2n) is 4.03. The van der Waals surface area contributed by atoms with E-state index in [1.807, 2.05) is 43.7 Å². The minimum absolute atomic E-state index is 0.615. The third kappa shape index (κ3) is 2.05. The van der Waals surface area contributed by atoms with Crippen LogP contribution in [0.4, 0.5) is 0 Å². The molecule has 4 heteroatoms. The van der Waals surface area contributed by atoms with E-state index in [4.69, 9.17) is 0 Å². The first-order valence-corrected chi connectivity index (χ1v) is 6.09. The van der Waals surface area contributed by atoms with Gasteiger partial charge < -0.3 is 4.57 Å². The fourth-order valence-corrected chi connectivity index (χ4v) is 2.17. The van der Waals surface area contributed by atoms with Crippen molar-refractivity contribution in [1.29, 1.82) is 0 Å². The van der Waals surface area contributed by atoms with Crippen LogP contribution < -0.4 is 0 Å². The van der Waals surface area contributed by atoms with Crippen LogP contribution >= 0.6 is 15.9 Å². The van der Waals surface area contributed by atoms with Crippen molar-refractivity contribution in [2.75, 3.05) is 0 Å². The quantitative estimate of drug-likeness (QED) is 0.796. The highest BCUT2D eigenvalue weighted by molar-refractivity contribution is 9.10. The maximum Gasteiger partial charge on any atom is 0.168 e. The normalized spacial score (nSPS) is 10.6. The maximum atomic E-state index is 11.2. The molecule has 17 heavy (non-hydrogen) atoms. The fraction of sp³-hybridized carbons (Fsp3) is 0.231. The summed E-state index contributed by atoms with van der Waals surface area (Å²) >= 11 is 3.44. The molecule has 0 amide bonds. The lowest BCUT2D eigenvalue weighted by molar-refractivity contribution is 0.111. The van der Waals surface area contributed by atoms with Gasteiger partial charge in [-0.1, -0.05) is 22.0 Å². The Balaban J connectivity index is 2.72. The molecule has 1 aromatic heterocycles. The number of nitrogens with zero attached hydrogens (tertiary/aromatic N) is 2. The molecule has 0 unspecified atom stereocenters. The summed E-state index contributed by atoms with van der Waals surface area (Å²) in [6.45, 7) is 3.91. The number of aromatic nitrogens is 2. The van der Waals surface area contributed by atoms with Crippen molar-refractivity contribution in [3.63, 3.8) is 0 Å². The van der Waals surface area contributed by atoms with Gasteiger partial charge in [-0.15, -0.1) is 0 Å². The van der Waals surface area contributed by atoms with Gasteiger partial charge in [-0.25, -0.2) is 4.98 Å². The maximum absolute atomic E-state index is 11.2. The van der Waals surface area contributed by atoms with Crippen molar-refractivity contribution in [3.05, 3.63) is 39.8 Å². The first-order chi connectivity index (χ1) is 8.04. The molecule has 0 N–H and O–H groups in total. The van der Waals surface area contributed by atoms with E-state index >= 15 is 0 Å². The van der Waals surface area contributed by atoms with E-state index in [-0.39, 0.29) is 0 Å². The number of hydrogen-bond acceptors (Lipinski definition) is 2. The molecule has 0 bridgehead atoms. The standard InChI is InChI=1S/C13H13BrN2O/c1-8-4-5-10(14)6-11(8)13-12(7-17)16(3)9(2)15-13/h4-7H,1-3H3. The van der Waals surface area contributed by atoms with Gasteiger partial charge in [0.2, 0.25) is 0 Å². The van der Waals surface area contributed by atoms with Crippen LogP contribution in [0.3, 0.4) is 0 Å². The monoisotopic (exact) mass is 292 g/mol. The van der Waals surface area contributed by atoms with Crippen molar-refractivity contribution >= 4 is 22.2 Å². The number of aldehydes is 1. The van der Waals surface area contributed by atoms with Gasteiger partial charge in [0.25, 0.3) is 0 Å². The molecule has 0 saturated heterocycles. The van der Waals surface area contributed by atoms with Crippen LogP contribution in [0.25, 0.3) is 11.3 Å². The largest absolute Gasteiger partial charge is 0.329 e. The summed E-state index contributed by atoms with van der Waals surface area (Å²) in [5.41, 5.74) is 3.46. The number of aryl methyl sites for hydroxylation is 2. The molecular weight excluding hydrogens is 280 g/mol. The van der Waals surface area contributed by atoms with Crippen molar-refractivity contribution in [2.45, 2.75) is 13.8 Å². The summed E-state index contributed by atoms with van der Waals surface area (Å²) < 4.78 is 2.79. The van der Waals surface area contributed by atoms with Gasteiger partial charge in [-0.05, 0) is 31.5 Å². The number of benzene rings is 1. The zero-order valence-electron chi connectivity index (χ0n) is 9.99. The first-order valence-electron chi connectivity index (χ1n) is 5.29. The van der Waals surface area contributed by atoms with E-state index in [0.717, 1.165) is 33.4 Å². The molecule has 3 nitrogen and oxygen atoms in total. The van der Waals surface area contributed by atoms with Gasteiger partial charge in [0.05, 0.1) is 5.69 Å². The Bertz CT molecular complexity index is 587. The Morgan fingerprint density at radius 1 is 1.35 bits per heavy atom. The molecular formula is C13H13BrN2O. The summed E-state index contributed by atoms with van der Waals surface area (Å²) in [6.07, 6.45) is 0.857. The fourth-order valence-electron chi connectivity index (χ4n) is 1.81. The smallest absolute Gasteiger partial charge is 0.168 e. The molecule has 88 valence electrons. The molecule has 0 aliphatic heterocycles. The van der Waals surface area contributed by atoms with Crippen molar-refractivity contribution in [3.8, 4) is 11.3 Å². The van der Waals surface area contributed by atoms with Crippen LogP contribution in [-0.2, 0) is 7.05 Å². The molecule has 1 aromatic carbocycles. The average molecular weight is 293 g/mol. The van der Waals surface area contributed by atoms with Gasteiger partial charge in [-0.3, -0.25) is 4.79 Å². The van der Waals surface area contributed by atoms with E-state index in [1.165, 1.54) is 0 Å². The second kappa shape index (κ2) is 4.45. The highest BCUT2D eigenvalue weighted by atomic mass is 79.9. The minimum atomic E-state index is 0.615. The lowest BCUT2D eigenvalue weighted by Crippen LogP contribution is -1.97. The van der Waals surface area contributed by atoms with Crippen molar-refractivity contribution in [2.24, 2.45) is 7.05 Å². The highest BCUT2D eigenvalue weighted by Gasteiger charge is 2.15. The van der Waals surface area contributed by atoms with Crippen molar-refractivity contribution < 1.29 is 4.79 Å². The van der Waals surface area contributed by atoms with Crippen LogP contribution in [0.2, 0.25) is 0 Å². The predicted octanol–water partition coefficient (Wildman–Crippen LogP) is 3.28. The first kappa shape index (κ1) is 12.0. The number of halogens is 1. The molecule has 0 aliphatic rings. The van der Waals surface area contributed by atoms with Gasteiger partial charge >= 0.3 is 0 Å². The van der Waals surface area contributed by atoms with E-state index in [1.54, 1.807) is 0 Å². The lowest BCUT2D eigenvalue weighted by Gasteiger charge is -2.04. The van der Waals surface area contributed by atoms with Crippen LogP contribution in [0.15, 0.2) is 22.7 Å². The van der Waals surface area contributed by atoms with E-state index < -0.39 is 0 Å². The van der Waals surface area contributed by atoms with Crippen LogP contribution in [0.1, 0.15) is 21.9 Å². The zero-order chi connectivity index (χ0) is 12.6. The van der Waals surface area contributed by atoms with Crippen LogP contribution in [-0.4, -0.2) is 15.8 Å². The Kier molecular flexibility index (Phi) is 3.15. The summed E-state index contributed by atoms with van der Waals surface area (Å²) in [5.74, 6) is 0.835. The van der Waals surface area contributed by atoms with E-state index in [2.05, 4.69) is 20.9 Å². The van der Waals surface area contributed by atoms with Crippen LogP contribution in [0.5, 0.6) is 0 Å². The third-order valence-electron chi connectivity index (χ3n) is 2.93. The summed E-state index contributed by atoms with van der Waals surface area (Å²) in [6, 6.07) is 5.98. The average Bonchev–Trinajstić information content (AvgIpc) is 2.58. The molecule has 0 radical (unpaired) electrons. The second-order valence-corrected chi connectivity index (χ2v) is 4.94. The minimum Gasteiger partial charge on any atom is -0.329 e. The Hall–Kier alpha value is -1.42. The summed E-state index contributed by atoms with van der Waals surface area (Å²) in [7, 11) is 1.85. The number of carbonyl (C=O) groups is 1. The summed E-state index contributed by atoms with van der Waals surface area (Å²) in [4.78, 5) is 15.6. The van der Waals surface area contributed by atoms with Gasteiger partial charge in [0, 0.05) is 17.1 Å². The third-order valence-corrected chi connectivity index (χ3v) is 3.42. The number of hydrogen-bond donors (Lipinski definition) is 0. The molecule has 1 heterocycles. The van der Waals surface area contributed by atoms with Crippen molar-refractivity contribution in [1.82, 2.24) is 9.55 Å². The SMILES string of the molecule is Cc1ccc(Br)cc1-c1nc(C)n(C)c1C=O. The number of imidazole rings is 1. The van der Waals surface area contributed by atoms with E-state index in [9.17, 15) is 4.79 Å². The summed E-state index contributed by atoms with van der Waals surface area (Å²) in [5, 5.41) is 0. The molecule has 0 spiro atoms. The lowest BCUT2D eigenvalue weighted by atomic mass is 10.0. The predicted molar refractivity (Wildman–Crippen MR) is 71.2 cm³/mol. The van der Waals surface area contributed by atoms with Crippen LogP contribution in [0, 0.1) is 13.8 Å². The molecule has 2 rings (SSSR count). The molecule has 0 atom stereocenters. The Morgan fingerprint density at radius 3 is 2.71 bits per heavy atom. The molecule has 0 fully saturated rings. The molecule has 0 aliphatic carbocycles. The Labute approximate surface area is 109 Å². The zero-order valence-corrected chi connectivity index (χ0v) is 11.6. The highest BCUT2D eigenvalue weighted by Crippen LogP contribution is 2.28. The molecule has 0 saturated carbocycles.